The number of unbranched alkanes of at least 4 members (excludes halogenated alkanes) is 1. The molecule has 4 bridgehead atoms. The van der Waals surface area contributed by atoms with E-state index in [-0.39, 0.29) is 49.8 Å². The van der Waals surface area contributed by atoms with Crippen LogP contribution in [0.2, 0.25) is 0 Å². The minimum atomic E-state index is -0.292. The van der Waals surface area contributed by atoms with Gasteiger partial charge in [-0.1, -0.05) is 45.0 Å². The Morgan fingerprint density at radius 1 is 0.788 bits per heavy atom. The highest BCUT2D eigenvalue weighted by Crippen LogP contribution is 2.49. The van der Waals surface area contributed by atoms with E-state index in [1.807, 2.05) is 0 Å². The van der Waals surface area contributed by atoms with Gasteiger partial charge in [0.05, 0.1) is 32.7 Å². The van der Waals surface area contributed by atoms with Gasteiger partial charge in [-0.3, -0.25) is 23.8 Å². The summed E-state index contributed by atoms with van der Waals surface area (Å²) in [7, 11) is 3.00. The van der Waals surface area contributed by atoms with Gasteiger partial charge in [0.15, 0.2) is 0 Å². The van der Waals surface area contributed by atoms with Crippen LogP contribution < -0.4 is 0 Å². The predicted molar refractivity (Wildman–Crippen MR) is 232 cm³/mol. The number of carbonyl (C=O) groups excluding carboxylic acids is 2. The molecule has 4 aliphatic heterocycles. The minimum Gasteiger partial charge on any atom is -0.469 e. The molecule has 294 valence electrons. The third kappa shape index (κ3) is 12.4. The fourth-order valence-corrected chi connectivity index (χ4v) is 9.65. The number of benzene rings is 2. The fraction of sp³-hybridized carbons (Fsp3) is 0.641. The number of rotatable bonds is 10. The molecule has 8 atom stereocenters. The quantitative estimate of drug-likeness (QED) is 0.134. The molecule has 0 saturated carbocycles. The molecular weight excluding hydrogens is 1030 g/mol. The van der Waals surface area contributed by atoms with Crippen LogP contribution in [0, 0.1) is 19.0 Å². The summed E-state index contributed by atoms with van der Waals surface area (Å²) in [4.78, 5) is 30.0. The lowest BCUT2D eigenvalue weighted by Gasteiger charge is -2.43. The maximum atomic E-state index is 12.6. The molecule has 4 saturated heterocycles. The molecule has 6 rings (SSSR count). The molecule has 2 aromatic rings. The molecule has 13 heteroatoms. The molecule has 6 nitrogen and oxygen atoms in total. The molecule has 0 aliphatic carbocycles. The molecule has 4 heterocycles. The van der Waals surface area contributed by atoms with E-state index < -0.39 is 0 Å². The molecule has 4 aliphatic rings. The summed E-state index contributed by atoms with van der Waals surface area (Å²) in [5.41, 5.74) is 2.52. The van der Waals surface area contributed by atoms with Gasteiger partial charge in [0, 0.05) is 58.8 Å². The number of hydrogen-bond donors (Lipinski definition) is 0. The second-order valence-corrected chi connectivity index (χ2v) is 18.3. The van der Waals surface area contributed by atoms with E-state index in [0.29, 0.717) is 37.1 Å². The standard InChI is InChI=1S/C19H26INO2.C18H23FINO2.CH3IP.CH4.F2/c1-3-4-11-21-15-9-10-17(21)18(19(22)23-2)16(12-15)13-5-7-14(20)8-6-13;1-23-18(22)17-15(12-3-5-13(20)6-4-12)11-14-7-8-16(17)21(14)10-2-9-19;1-3-2;;1-2/h5-8,15-18H,3-4,9-12H2,1-2H3;3-6,14-17H,2,7-11H2,1H3;1H3;1H4;/q;;-1;;/t15?,16?,17?,18-;14?,15?,16?,17-;;;/m00.../s1/i;19-1;1T;;1-1. The van der Waals surface area contributed by atoms with Gasteiger partial charge < -0.3 is 37.7 Å². The first-order valence-electron chi connectivity index (χ1n) is 18.4. The number of carbonyl (C=O) groups is 2. The van der Waals surface area contributed by atoms with Gasteiger partial charge in [-0.15, -0.1) is 0 Å². The number of piperidine rings is 2. The van der Waals surface area contributed by atoms with E-state index >= 15 is 0 Å². The Labute approximate surface area is 353 Å². The number of ether oxygens (including phenoxy) is 2. The topological polar surface area (TPSA) is 59.1 Å². The van der Waals surface area contributed by atoms with Crippen LogP contribution in [0.5, 0.6) is 0 Å². The van der Waals surface area contributed by atoms with Crippen LogP contribution in [-0.2, 0) is 19.1 Å². The van der Waals surface area contributed by atoms with E-state index in [9.17, 15) is 14.0 Å². The van der Waals surface area contributed by atoms with Gasteiger partial charge in [0.25, 0.3) is 0 Å². The van der Waals surface area contributed by atoms with Crippen LogP contribution in [0.4, 0.5) is 13.5 Å². The Kier molecular flexibility index (Phi) is 22.2. The average Bonchev–Trinajstić information content (AvgIpc) is 3.62. The van der Waals surface area contributed by atoms with Crippen LogP contribution in [-0.4, -0.2) is 86.5 Å². The van der Waals surface area contributed by atoms with Crippen molar-refractivity contribution < 1.29 is 34.0 Å². The summed E-state index contributed by atoms with van der Waals surface area (Å²) in [5, 5.41) is 0. The number of halogens is 6. The van der Waals surface area contributed by atoms with E-state index in [1.165, 1.54) is 51.7 Å². The molecule has 2 aromatic carbocycles. The zero-order valence-corrected chi connectivity index (χ0v) is 37.0. The maximum Gasteiger partial charge on any atom is 0.310 e. The third-order valence-corrected chi connectivity index (χ3v) is 12.4. The third-order valence-electron chi connectivity index (χ3n) is 11.0. The van der Waals surface area contributed by atoms with Crippen LogP contribution in [0.15, 0.2) is 48.5 Å². The highest BCUT2D eigenvalue weighted by Gasteiger charge is 2.52. The van der Waals surface area contributed by atoms with Crippen LogP contribution in [0.25, 0.3) is 0 Å². The van der Waals surface area contributed by atoms with Crippen molar-refractivity contribution >= 4 is 85.4 Å². The summed E-state index contributed by atoms with van der Waals surface area (Å²) in [6.45, 7) is 4.34. The zero-order valence-electron chi connectivity index (χ0n) is 30.7. The first-order valence-corrected chi connectivity index (χ1v) is 23.7. The normalized spacial score (nSPS) is 27.8. The van der Waals surface area contributed by atoms with Crippen LogP contribution in [0.1, 0.15) is 96.5 Å². The van der Waals surface area contributed by atoms with Gasteiger partial charge in [-0.2, -0.15) is 6.64 Å². The van der Waals surface area contributed by atoms with Gasteiger partial charge in [0.1, 0.15) is 0 Å². The Balaban J connectivity index is 0.000000315. The summed E-state index contributed by atoms with van der Waals surface area (Å²) >= 11 is 6.77. The summed E-state index contributed by atoms with van der Waals surface area (Å²) in [6.07, 6.45) is 10.6. The molecule has 0 spiro atoms. The molecule has 4 fully saturated rings. The predicted octanol–water partition coefficient (Wildman–Crippen LogP) is 11.3. The number of methoxy groups -OCH3 is 2. The highest BCUT2D eigenvalue weighted by atomic mass is 127. The van der Waals surface area contributed by atoms with Crippen molar-refractivity contribution in [2.75, 3.05) is 40.6 Å². The molecule has 52 heavy (non-hydrogen) atoms. The Morgan fingerprint density at radius 2 is 1.17 bits per heavy atom. The molecule has 0 aromatic heterocycles. The second-order valence-electron chi connectivity index (χ2n) is 13.5. The van der Waals surface area contributed by atoms with Crippen molar-refractivity contribution in [3.8, 4) is 0 Å². The molecule has 0 radical (unpaired) electrons. The summed E-state index contributed by atoms with van der Waals surface area (Å²) in [6, 6.07) is 18.8. The first kappa shape index (κ1) is 46.1. The van der Waals surface area contributed by atoms with Crippen molar-refractivity contribution in [3.63, 3.8) is 0 Å². The fourth-order valence-electron chi connectivity index (χ4n) is 8.93. The average molecular weight is 1090 g/mol. The lowest BCUT2D eigenvalue weighted by Crippen LogP contribution is -2.51. The van der Waals surface area contributed by atoms with Crippen molar-refractivity contribution in [3.05, 3.63) is 66.8 Å². The zero-order chi connectivity index (χ0) is 38.2. The lowest BCUT2D eigenvalue weighted by atomic mass is 9.76. The minimum absolute atomic E-state index is 0. The number of alkyl halides is 1. The summed E-state index contributed by atoms with van der Waals surface area (Å²) < 4.78 is 47.8. The smallest absolute Gasteiger partial charge is 0.310 e. The molecule has 0 N–H and O–H groups in total. The number of fused-ring (bicyclic) bond motifs is 4. The SMILES string of the molecule is C.CCCCN1C2CCC1[C@@H](C(=O)OC)C(c1ccc(I)cc1)C2.COC(=O)[C@H]1C(c2ccc(I)cc2)CC2CCC1N2CCC[18F].F[18F].[3H]C[P-]I. The van der Waals surface area contributed by atoms with Crippen molar-refractivity contribution in [1.82, 2.24) is 9.80 Å². The Bertz CT molecular complexity index is 1250. The Hall–Kier alpha value is -0.290. The number of hydrogen-bond acceptors (Lipinski definition) is 6. The molecular formula is C39H56F3I3N2O4P-. The van der Waals surface area contributed by atoms with E-state index in [1.54, 1.807) is 0 Å². The van der Waals surface area contributed by atoms with Crippen molar-refractivity contribution in [2.45, 2.75) is 108 Å². The van der Waals surface area contributed by atoms with E-state index in [4.69, 9.17) is 20.0 Å². The van der Waals surface area contributed by atoms with Crippen molar-refractivity contribution in [1.29, 1.82) is 0 Å². The van der Waals surface area contributed by atoms with Gasteiger partial charge in [-0.05, 0) is 140 Å². The van der Waals surface area contributed by atoms with E-state index in [0.717, 1.165) is 51.4 Å². The largest absolute Gasteiger partial charge is 0.469 e. The molecule has 0 amide bonds. The van der Waals surface area contributed by atoms with Gasteiger partial charge >= 0.3 is 11.9 Å². The van der Waals surface area contributed by atoms with Gasteiger partial charge in [0.2, 0.25) is 0 Å². The maximum absolute atomic E-state index is 12.6. The second kappa shape index (κ2) is 25.1. The van der Waals surface area contributed by atoms with Gasteiger partial charge in [-0.25, -0.2) is 0 Å². The van der Waals surface area contributed by atoms with Crippen LogP contribution in [0.3, 0.4) is 0 Å². The lowest BCUT2D eigenvalue weighted by molar-refractivity contribution is -0.151. The first-order chi connectivity index (χ1) is 25.2. The summed E-state index contributed by atoms with van der Waals surface area (Å²) in [5.74, 6) is 0.201. The Morgan fingerprint density at radius 3 is 1.50 bits per heavy atom. The van der Waals surface area contributed by atoms with E-state index in [2.05, 4.69) is 132 Å². The number of esters is 2. The number of nitrogens with zero attached hydrogens (tertiary/aromatic N) is 2. The molecule has 6 unspecified atom stereocenters. The van der Waals surface area contributed by atoms with Crippen molar-refractivity contribution in [2.24, 2.45) is 11.8 Å². The van der Waals surface area contributed by atoms with Crippen LogP contribution >= 0.6 is 73.4 Å². The monoisotopic (exact) mass is 1090 g/mol. The highest BCUT2D eigenvalue weighted by molar-refractivity contribution is 14.2.